The third kappa shape index (κ3) is 5.26. The maximum absolute atomic E-state index is 13.8. The van der Waals surface area contributed by atoms with Gasteiger partial charge in [0.05, 0.1) is 10.6 Å². The number of rotatable bonds is 6. The molecular weight excluding hydrogens is 507 g/mol. The predicted molar refractivity (Wildman–Crippen MR) is 145 cm³/mol. The molecule has 1 N–H and O–H groups in total. The van der Waals surface area contributed by atoms with Crippen molar-refractivity contribution < 1.29 is 22.4 Å². The minimum atomic E-state index is -3.64. The van der Waals surface area contributed by atoms with Crippen LogP contribution in [0.25, 0.3) is 10.9 Å². The monoisotopic (exact) mass is 534 g/mol. The number of hydrogen-bond donors (Lipinski definition) is 1. The molecule has 0 bridgehead atoms. The van der Waals surface area contributed by atoms with Crippen LogP contribution in [0.5, 0.6) is 0 Å². The molecule has 5 rings (SSSR count). The summed E-state index contributed by atoms with van der Waals surface area (Å²) in [6.45, 7) is 1.29. The number of fused-ring (bicyclic) bond motifs is 1. The Bertz CT molecular complexity index is 1600. The molecule has 10 heteroatoms. The van der Waals surface area contributed by atoms with Gasteiger partial charge >= 0.3 is 0 Å². The van der Waals surface area contributed by atoms with E-state index in [1.807, 2.05) is 41.4 Å². The Hall–Kier alpha value is -4.18. The molecule has 0 radical (unpaired) electrons. The van der Waals surface area contributed by atoms with Crippen LogP contribution in [-0.4, -0.2) is 69.1 Å². The van der Waals surface area contributed by atoms with E-state index in [1.165, 1.54) is 17.0 Å². The Morgan fingerprint density at radius 2 is 1.68 bits per heavy atom. The highest BCUT2D eigenvalue weighted by Gasteiger charge is 2.28. The molecule has 8 nitrogen and oxygen atoms in total. The number of amides is 2. The predicted octanol–water partition coefficient (Wildman–Crippen LogP) is 3.71. The largest absolute Gasteiger partial charge is 0.367 e. The number of halogens is 1. The highest BCUT2D eigenvalue weighted by atomic mass is 32.2. The van der Waals surface area contributed by atoms with Gasteiger partial charge in [-0.3, -0.25) is 14.5 Å². The van der Waals surface area contributed by atoms with Crippen LogP contribution in [0.15, 0.2) is 83.9 Å². The number of H-pyrrole nitrogens is 1. The summed E-state index contributed by atoms with van der Waals surface area (Å²) in [5.74, 6) is -1.12. The lowest BCUT2D eigenvalue weighted by molar-refractivity contribution is -0.129. The SMILES string of the molecule is CS(=O)(=O)c1cc(F)ccc1N1CCN(C(=O)CN(C(=O)c2ccc3[nH]ccc3c2)c2ccccc2)CC1. The highest BCUT2D eigenvalue weighted by Crippen LogP contribution is 2.27. The van der Waals surface area contributed by atoms with Gasteiger partial charge in [-0.2, -0.15) is 0 Å². The number of anilines is 2. The Morgan fingerprint density at radius 3 is 2.39 bits per heavy atom. The highest BCUT2D eigenvalue weighted by molar-refractivity contribution is 7.90. The van der Waals surface area contributed by atoms with Crippen molar-refractivity contribution in [2.24, 2.45) is 0 Å². The second-order valence-electron chi connectivity index (χ2n) is 9.26. The zero-order valence-electron chi connectivity index (χ0n) is 20.8. The molecule has 0 aliphatic carbocycles. The first-order valence-electron chi connectivity index (χ1n) is 12.2. The molecule has 2 heterocycles. The molecule has 1 aromatic heterocycles. The first-order chi connectivity index (χ1) is 18.2. The van der Waals surface area contributed by atoms with Gasteiger partial charge in [0.1, 0.15) is 12.4 Å². The number of sulfone groups is 1. The summed E-state index contributed by atoms with van der Waals surface area (Å²) in [5, 5.41) is 0.903. The molecule has 3 aromatic carbocycles. The molecule has 0 saturated carbocycles. The van der Waals surface area contributed by atoms with Gasteiger partial charge in [0.25, 0.3) is 5.91 Å². The van der Waals surface area contributed by atoms with Crippen molar-refractivity contribution in [3.05, 3.63) is 90.4 Å². The smallest absolute Gasteiger partial charge is 0.258 e. The topological polar surface area (TPSA) is 93.8 Å². The van der Waals surface area contributed by atoms with E-state index in [4.69, 9.17) is 0 Å². The van der Waals surface area contributed by atoms with Crippen molar-refractivity contribution in [3.63, 3.8) is 0 Å². The molecule has 1 aliphatic heterocycles. The number of aromatic amines is 1. The van der Waals surface area contributed by atoms with Crippen LogP contribution >= 0.6 is 0 Å². The summed E-state index contributed by atoms with van der Waals surface area (Å²) < 4.78 is 38.2. The Balaban J connectivity index is 1.32. The first kappa shape index (κ1) is 25.5. The van der Waals surface area contributed by atoms with E-state index in [1.54, 1.807) is 29.2 Å². The van der Waals surface area contributed by atoms with E-state index in [0.717, 1.165) is 23.2 Å². The quantitative estimate of drug-likeness (QED) is 0.407. The van der Waals surface area contributed by atoms with E-state index in [0.29, 0.717) is 43.1 Å². The Labute approximate surface area is 220 Å². The van der Waals surface area contributed by atoms with Gasteiger partial charge in [-0.25, -0.2) is 12.8 Å². The molecule has 0 unspecified atom stereocenters. The van der Waals surface area contributed by atoms with E-state index in [2.05, 4.69) is 4.98 Å². The van der Waals surface area contributed by atoms with E-state index in [9.17, 15) is 22.4 Å². The molecule has 1 aliphatic rings. The van der Waals surface area contributed by atoms with Crippen molar-refractivity contribution in [3.8, 4) is 0 Å². The van der Waals surface area contributed by atoms with E-state index < -0.39 is 15.7 Å². The zero-order valence-corrected chi connectivity index (χ0v) is 21.6. The van der Waals surface area contributed by atoms with Crippen molar-refractivity contribution >= 4 is 43.9 Å². The van der Waals surface area contributed by atoms with Crippen molar-refractivity contribution in [1.82, 2.24) is 9.88 Å². The number of aromatic nitrogens is 1. The lowest BCUT2D eigenvalue weighted by Crippen LogP contribution is -2.52. The van der Waals surface area contributed by atoms with Gasteiger partial charge in [0.15, 0.2) is 9.84 Å². The molecule has 1 saturated heterocycles. The molecule has 2 amide bonds. The molecular formula is C28H27FN4O4S. The number of para-hydroxylation sites is 1. The fourth-order valence-corrected chi connectivity index (χ4v) is 5.61. The average molecular weight is 535 g/mol. The van der Waals surface area contributed by atoms with Gasteiger partial charge in [-0.1, -0.05) is 18.2 Å². The summed E-state index contributed by atoms with van der Waals surface area (Å²) in [6, 6.07) is 20.0. The summed E-state index contributed by atoms with van der Waals surface area (Å²) >= 11 is 0. The second-order valence-corrected chi connectivity index (χ2v) is 11.2. The fourth-order valence-electron chi connectivity index (χ4n) is 4.71. The standard InChI is InChI=1S/C28H27FN4O4S/c1-38(36,37)26-18-22(29)8-10-25(26)31-13-15-32(16-14-31)27(34)19-33(23-5-3-2-4-6-23)28(35)21-7-9-24-20(17-21)11-12-30-24/h2-12,17-18,30H,13-16,19H2,1H3. The lowest BCUT2D eigenvalue weighted by Gasteiger charge is -2.37. The summed E-state index contributed by atoms with van der Waals surface area (Å²) in [7, 11) is -3.64. The zero-order chi connectivity index (χ0) is 26.9. The summed E-state index contributed by atoms with van der Waals surface area (Å²) in [4.78, 5) is 35.0. The van der Waals surface area contributed by atoms with Gasteiger partial charge in [-0.05, 0) is 54.6 Å². The van der Waals surface area contributed by atoms with Crippen LogP contribution in [0.4, 0.5) is 15.8 Å². The number of carbonyl (C=O) groups excluding carboxylic acids is 2. The molecule has 38 heavy (non-hydrogen) atoms. The number of hydrogen-bond acceptors (Lipinski definition) is 5. The van der Waals surface area contributed by atoms with Gasteiger partial charge in [0.2, 0.25) is 5.91 Å². The summed E-state index contributed by atoms with van der Waals surface area (Å²) in [5.41, 5.74) is 2.43. The van der Waals surface area contributed by atoms with Crippen LogP contribution in [-0.2, 0) is 14.6 Å². The molecule has 4 aromatic rings. The van der Waals surface area contributed by atoms with Gasteiger partial charge < -0.3 is 14.8 Å². The van der Waals surface area contributed by atoms with Crippen LogP contribution in [0, 0.1) is 5.82 Å². The van der Waals surface area contributed by atoms with Crippen LogP contribution in [0.2, 0.25) is 0 Å². The fraction of sp³-hybridized carbons (Fsp3) is 0.214. The van der Waals surface area contributed by atoms with Crippen molar-refractivity contribution in [1.29, 1.82) is 0 Å². The number of nitrogens with one attached hydrogen (secondary N) is 1. The molecule has 0 spiro atoms. The third-order valence-corrected chi connectivity index (χ3v) is 7.83. The first-order valence-corrected chi connectivity index (χ1v) is 14.1. The average Bonchev–Trinajstić information content (AvgIpc) is 3.39. The maximum atomic E-state index is 13.8. The normalized spacial score (nSPS) is 14.1. The van der Waals surface area contributed by atoms with Gasteiger partial charge in [0, 0.05) is 60.8 Å². The van der Waals surface area contributed by atoms with E-state index >= 15 is 0 Å². The van der Waals surface area contributed by atoms with Gasteiger partial charge in [-0.15, -0.1) is 0 Å². The molecule has 196 valence electrons. The van der Waals surface area contributed by atoms with Crippen molar-refractivity contribution in [2.75, 3.05) is 48.8 Å². The number of benzene rings is 3. The minimum Gasteiger partial charge on any atom is -0.367 e. The van der Waals surface area contributed by atoms with Crippen LogP contribution in [0.1, 0.15) is 10.4 Å². The Morgan fingerprint density at radius 1 is 0.947 bits per heavy atom. The number of nitrogens with zero attached hydrogens (tertiary/aromatic N) is 3. The second kappa shape index (κ2) is 10.3. The van der Waals surface area contributed by atoms with Crippen LogP contribution < -0.4 is 9.80 Å². The number of piperazine rings is 1. The molecule has 0 atom stereocenters. The maximum Gasteiger partial charge on any atom is 0.258 e. The summed E-state index contributed by atoms with van der Waals surface area (Å²) in [6.07, 6.45) is 2.86. The molecule has 1 fully saturated rings. The Kier molecular flexibility index (Phi) is 6.90. The van der Waals surface area contributed by atoms with Crippen LogP contribution in [0.3, 0.4) is 0 Å². The third-order valence-electron chi connectivity index (χ3n) is 6.70. The lowest BCUT2D eigenvalue weighted by atomic mass is 10.1. The van der Waals surface area contributed by atoms with Crippen molar-refractivity contribution in [2.45, 2.75) is 4.90 Å². The number of carbonyl (C=O) groups is 2. The van der Waals surface area contributed by atoms with E-state index in [-0.39, 0.29) is 23.3 Å². The minimum absolute atomic E-state index is 0.0717.